The smallest absolute Gasteiger partial charge is 0.328 e. The molecule has 0 amide bonds. The van der Waals surface area contributed by atoms with Crippen molar-refractivity contribution in [1.29, 1.82) is 5.26 Å². The number of anilines is 1. The minimum atomic E-state index is 0.177. The van der Waals surface area contributed by atoms with Crippen LogP contribution in [0.25, 0.3) is 10.9 Å². The molecule has 2 aromatic heterocycles. The number of nitriles is 1. The van der Waals surface area contributed by atoms with Crippen LogP contribution in [-0.2, 0) is 6.42 Å². The second kappa shape index (κ2) is 11.2. The summed E-state index contributed by atoms with van der Waals surface area (Å²) in [7, 11) is 3.08. The summed E-state index contributed by atoms with van der Waals surface area (Å²) in [6.07, 6.45) is 4.17. The molecule has 1 saturated heterocycles. The number of piperazine rings is 1. The van der Waals surface area contributed by atoms with Crippen molar-refractivity contribution in [3.05, 3.63) is 65.9 Å². The largest absolute Gasteiger partial charge is 0.481 e. The van der Waals surface area contributed by atoms with Gasteiger partial charge in [-0.2, -0.15) is 15.2 Å². The highest BCUT2D eigenvalue weighted by Gasteiger charge is 2.17. The molecule has 37 heavy (non-hydrogen) atoms. The fraction of sp³-hybridized carbons (Fsp3) is 0.321. The van der Waals surface area contributed by atoms with Gasteiger partial charge < -0.3 is 24.1 Å². The lowest BCUT2D eigenvalue weighted by Gasteiger charge is -2.36. The van der Waals surface area contributed by atoms with E-state index in [-0.39, 0.29) is 6.01 Å². The van der Waals surface area contributed by atoms with E-state index in [1.165, 1.54) is 25.5 Å². The number of aryl methyl sites for hydroxylation is 1. The molecule has 0 spiro atoms. The van der Waals surface area contributed by atoms with Crippen molar-refractivity contribution in [2.24, 2.45) is 0 Å². The Balaban J connectivity index is 1.10. The molecule has 190 valence electrons. The highest BCUT2D eigenvalue weighted by atomic mass is 16.5. The Morgan fingerprint density at radius 1 is 0.946 bits per heavy atom. The molecule has 0 aliphatic carbocycles. The molecular formula is C28H30N6O3. The monoisotopic (exact) mass is 498 g/mol. The van der Waals surface area contributed by atoms with Gasteiger partial charge in [-0.1, -0.05) is 0 Å². The zero-order chi connectivity index (χ0) is 25.6. The molecule has 2 aromatic carbocycles. The first-order chi connectivity index (χ1) is 18.1. The van der Waals surface area contributed by atoms with Crippen LogP contribution >= 0.6 is 0 Å². The van der Waals surface area contributed by atoms with Crippen molar-refractivity contribution in [1.82, 2.24) is 19.9 Å². The summed E-state index contributed by atoms with van der Waals surface area (Å²) in [6, 6.07) is 17.8. The van der Waals surface area contributed by atoms with Gasteiger partial charge in [0.25, 0.3) is 0 Å². The maximum atomic E-state index is 9.19. The van der Waals surface area contributed by atoms with Gasteiger partial charge in [-0.25, -0.2) is 0 Å². The zero-order valence-corrected chi connectivity index (χ0v) is 21.1. The molecule has 0 atom stereocenters. The quantitative estimate of drug-likeness (QED) is 0.363. The lowest BCUT2D eigenvalue weighted by atomic mass is 10.1. The number of aromatic nitrogens is 3. The fourth-order valence-corrected chi connectivity index (χ4v) is 4.65. The molecule has 5 rings (SSSR count). The number of rotatable bonds is 9. The van der Waals surface area contributed by atoms with Crippen LogP contribution in [0.15, 0.2) is 54.7 Å². The number of nitrogens with zero attached hydrogens (tertiary/aromatic N) is 5. The zero-order valence-electron chi connectivity index (χ0n) is 21.1. The van der Waals surface area contributed by atoms with Crippen molar-refractivity contribution >= 4 is 16.6 Å². The number of ether oxygens (including phenoxy) is 3. The van der Waals surface area contributed by atoms with Crippen LogP contribution in [0.3, 0.4) is 0 Å². The number of methoxy groups -OCH3 is 2. The molecule has 3 heterocycles. The average Bonchev–Trinajstić information content (AvgIpc) is 3.35. The van der Waals surface area contributed by atoms with E-state index < -0.39 is 0 Å². The van der Waals surface area contributed by atoms with Gasteiger partial charge in [0.15, 0.2) is 0 Å². The predicted molar refractivity (Wildman–Crippen MR) is 142 cm³/mol. The molecule has 9 nitrogen and oxygen atoms in total. The second-order valence-corrected chi connectivity index (χ2v) is 8.95. The first kappa shape index (κ1) is 24.4. The number of benzene rings is 2. The van der Waals surface area contributed by atoms with Gasteiger partial charge in [-0.05, 0) is 67.4 Å². The average molecular weight is 499 g/mol. The molecule has 0 radical (unpaired) electrons. The minimum Gasteiger partial charge on any atom is -0.481 e. The lowest BCUT2D eigenvalue weighted by Crippen LogP contribution is -2.46. The SMILES string of the molecule is COc1cc(OC)nc(Oc2ccc(N3CCN(CCCc4c[nH]c5ccc(C#N)cc45)CC3)cc2)n1. The van der Waals surface area contributed by atoms with Crippen molar-refractivity contribution in [2.75, 3.05) is 51.8 Å². The fourth-order valence-electron chi connectivity index (χ4n) is 4.65. The van der Waals surface area contributed by atoms with Crippen molar-refractivity contribution < 1.29 is 14.2 Å². The Bertz CT molecular complexity index is 1370. The standard InChI is InChI=1S/C28H30N6O3/c1-35-26-17-27(36-2)32-28(31-26)37-23-8-6-22(7-9-23)34-14-12-33(13-15-34)11-3-4-21-19-30-25-10-5-20(18-29)16-24(21)25/h5-10,16-17,19,30H,3-4,11-15H2,1-2H3. The van der Waals surface area contributed by atoms with E-state index in [1.54, 1.807) is 6.07 Å². The molecule has 1 aliphatic heterocycles. The summed E-state index contributed by atoms with van der Waals surface area (Å²) < 4.78 is 16.2. The van der Waals surface area contributed by atoms with E-state index in [0.717, 1.165) is 56.5 Å². The maximum Gasteiger partial charge on any atom is 0.328 e. The lowest BCUT2D eigenvalue weighted by molar-refractivity contribution is 0.255. The van der Waals surface area contributed by atoms with E-state index in [1.807, 2.05) is 30.3 Å². The number of fused-ring (bicyclic) bond motifs is 1. The van der Waals surface area contributed by atoms with E-state index in [0.29, 0.717) is 23.1 Å². The topological polar surface area (TPSA) is 99.5 Å². The Hall–Kier alpha value is -4.29. The first-order valence-electron chi connectivity index (χ1n) is 12.4. The third kappa shape index (κ3) is 5.76. The van der Waals surface area contributed by atoms with Crippen LogP contribution in [-0.4, -0.2) is 66.8 Å². The predicted octanol–water partition coefficient (Wildman–Crippen LogP) is 4.39. The molecule has 0 saturated carbocycles. The van der Waals surface area contributed by atoms with Gasteiger partial charge in [0.2, 0.25) is 11.8 Å². The number of hydrogen-bond donors (Lipinski definition) is 1. The van der Waals surface area contributed by atoms with Gasteiger partial charge in [0.05, 0.1) is 31.9 Å². The molecule has 1 N–H and O–H groups in total. The number of nitrogens with one attached hydrogen (secondary N) is 1. The molecule has 9 heteroatoms. The summed E-state index contributed by atoms with van der Waals surface area (Å²) in [5, 5.41) is 10.4. The summed E-state index contributed by atoms with van der Waals surface area (Å²) in [6.45, 7) is 5.09. The van der Waals surface area contributed by atoms with Gasteiger partial charge in [0, 0.05) is 49.0 Å². The number of aromatic amines is 1. The van der Waals surface area contributed by atoms with Gasteiger partial charge >= 0.3 is 6.01 Å². The van der Waals surface area contributed by atoms with Crippen LogP contribution in [0, 0.1) is 11.3 Å². The normalized spacial score (nSPS) is 13.9. The van der Waals surface area contributed by atoms with Gasteiger partial charge in [0.1, 0.15) is 5.75 Å². The number of hydrogen-bond acceptors (Lipinski definition) is 8. The Labute approximate surface area is 216 Å². The summed E-state index contributed by atoms with van der Waals surface area (Å²) in [5.41, 5.74) is 4.25. The Morgan fingerprint density at radius 2 is 1.68 bits per heavy atom. The number of H-pyrrole nitrogens is 1. The summed E-state index contributed by atoms with van der Waals surface area (Å²) in [5.74, 6) is 1.41. The van der Waals surface area contributed by atoms with Gasteiger partial charge in [-0.3, -0.25) is 4.90 Å². The van der Waals surface area contributed by atoms with Crippen LogP contribution < -0.4 is 19.1 Å². The van der Waals surface area contributed by atoms with Crippen LogP contribution in [0.1, 0.15) is 17.5 Å². The van der Waals surface area contributed by atoms with E-state index in [9.17, 15) is 5.26 Å². The molecule has 1 aliphatic rings. The summed E-state index contributed by atoms with van der Waals surface area (Å²) in [4.78, 5) is 16.7. The van der Waals surface area contributed by atoms with Crippen LogP contribution in [0.4, 0.5) is 5.69 Å². The second-order valence-electron chi connectivity index (χ2n) is 8.95. The van der Waals surface area contributed by atoms with Crippen LogP contribution in [0.2, 0.25) is 0 Å². The molecule has 0 bridgehead atoms. The highest BCUT2D eigenvalue weighted by Crippen LogP contribution is 2.26. The third-order valence-electron chi connectivity index (χ3n) is 6.68. The molecule has 4 aromatic rings. The van der Waals surface area contributed by atoms with E-state index in [4.69, 9.17) is 14.2 Å². The van der Waals surface area contributed by atoms with Gasteiger partial charge in [-0.15, -0.1) is 0 Å². The molecule has 1 fully saturated rings. The Morgan fingerprint density at radius 3 is 2.35 bits per heavy atom. The van der Waals surface area contributed by atoms with Crippen molar-refractivity contribution in [3.8, 4) is 29.6 Å². The first-order valence-corrected chi connectivity index (χ1v) is 12.4. The van der Waals surface area contributed by atoms with E-state index >= 15 is 0 Å². The minimum absolute atomic E-state index is 0.177. The van der Waals surface area contributed by atoms with E-state index in [2.05, 4.69) is 49.2 Å². The highest BCUT2D eigenvalue weighted by molar-refractivity contribution is 5.84. The van der Waals surface area contributed by atoms with Crippen LogP contribution in [0.5, 0.6) is 23.5 Å². The van der Waals surface area contributed by atoms with Crippen molar-refractivity contribution in [3.63, 3.8) is 0 Å². The third-order valence-corrected chi connectivity index (χ3v) is 6.68. The summed E-state index contributed by atoms with van der Waals surface area (Å²) >= 11 is 0. The Kier molecular flexibility index (Phi) is 7.38. The molecule has 0 unspecified atom stereocenters. The molecular weight excluding hydrogens is 468 g/mol. The maximum absolute atomic E-state index is 9.19. The van der Waals surface area contributed by atoms with Crippen molar-refractivity contribution in [2.45, 2.75) is 12.8 Å².